The summed E-state index contributed by atoms with van der Waals surface area (Å²) >= 11 is 0. The minimum atomic E-state index is -0.994. The van der Waals surface area contributed by atoms with Gasteiger partial charge < -0.3 is 10.0 Å². The number of aliphatic carboxylic acids is 1. The van der Waals surface area contributed by atoms with Crippen LogP contribution in [0.15, 0.2) is 0 Å². The Morgan fingerprint density at radius 1 is 1.32 bits per heavy atom. The van der Waals surface area contributed by atoms with Crippen molar-refractivity contribution in [1.29, 1.82) is 0 Å². The summed E-state index contributed by atoms with van der Waals surface area (Å²) in [7, 11) is 1.61. The lowest BCUT2D eigenvalue weighted by Gasteiger charge is -2.46. The first-order chi connectivity index (χ1) is 8.67. The Balaban J connectivity index is 2.88. The molecule has 1 aliphatic rings. The molecule has 1 fully saturated rings. The number of carbonyl (C=O) groups is 2. The van der Waals surface area contributed by atoms with Crippen molar-refractivity contribution in [2.75, 3.05) is 7.05 Å². The zero-order valence-electron chi connectivity index (χ0n) is 12.8. The van der Waals surface area contributed by atoms with Gasteiger partial charge in [-0.3, -0.25) is 4.79 Å². The molecular weight excluding hydrogens is 242 g/mol. The van der Waals surface area contributed by atoms with Crippen LogP contribution in [-0.4, -0.2) is 34.5 Å². The van der Waals surface area contributed by atoms with E-state index in [0.717, 1.165) is 19.3 Å². The molecular formula is C15H27NO3. The van der Waals surface area contributed by atoms with Gasteiger partial charge in [0, 0.05) is 14.0 Å². The molecule has 0 atom stereocenters. The maximum absolute atomic E-state index is 11.7. The summed E-state index contributed by atoms with van der Waals surface area (Å²) in [6, 6.07) is 0. The second-order valence-corrected chi connectivity index (χ2v) is 6.53. The van der Waals surface area contributed by atoms with Gasteiger partial charge in [-0.1, -0.05) is 27.2 Å². The molecule has 0 aromatic heterocycles. The highest BCUT2D eigenvalue weighted by Gasteiger charge is 2.48. The lowest BCUT2D eigenvalue weighted by molar-refractivity contribution is -0.161. The lowest BCUT2D eigenvalue weighted by atomic mass is 9.65. The Morgan fingerprint density at radius 3 is 2.11 bits per heavy atom. The Bertz CT molecular complexity index is 354. The standard InChI is InChI=1S/C15H27NO3/c1-6-14(3,4)12-7-9-15(10-8-12,13(18)19)16(5)11(2)17/h12H,6-10H2,1-5H3,(H,18,19). The quantitative estimate of drug-likeness (QED) is 0.853. The Kier molecular flexibility index (Phi) is 4.64. The summed E-state index contributed by atoms with van der Waals surface area (Å²) in [5.41, 5.74) is -0.744. The highest BCUT2D eigenvalue weighted by Crippen LogP contribution is 2.45. The first-order valence-corrected chi connectivity index (χ1v) is 7.15. The molecule has 1 aliphatic carbocycles. The number of rotatable bonds is 4. The van der Waals surface area contributed by atoms with Crippen LogP contribution in [0.3, 0.4) is 0 Å². The smallest absolute Gasteiger partial charge is 0.329 e. The third-order valence-electron chi connectivity index (χ3n) is 5.34. The molecule has 1 saturated carbocycles. The van der Waals surface area contributed by atoms with Gasteiger partial charge in [-0.25, -0.2) is 4.79 Å². The molecule has 0 spiro atoms. The molecule has 0 bridgehead atoms. The average Bonchev–Trinajstić information content (AvgIpc) is 2.37. The first-order valence-electron chi connectivity index (χ1n) is 7.15. The second-order valence-electron chi connectivity index (χ2n) is 6.53. The van der Waals surface area contributed by atoms with Crippen molar-refractivity contribution in [1.82, 2.24) is 4.90 Å². The van der Waals surface area contributed by atoms with Gasteiger partial charge in [0.15, 0.2) is 0 Å². The van der Waals surface area contributed by atoms with Gasteiger partial charge in [0.1, 0.15) is 5.54 Å². The summed E-state index contributed by atoms with van der Waals surface area (Å²) < 4.78 is 0. The predicted octanol–water partition coefficient (Wildman–Crippen LogP) is 2.91. The monoisotopic (exact) mass is 269 g/mol. The van der Waals surface area contributed by atoms with E-state index in [4.69, 9.17) is 0 Å². The van der Waals surface area contributed by atoms with Crippen molar-refractivity contribution in [2.24, 2.45) is 11.3 Å². The van der Waals surface area contributed by atoms with Crippen LogP contribution in [0.5, 0.6) is 0 Å². The van der Waals surface area contributed by atoms with E-state index in [1.807, 2.05) is 0 Å². The molecule has 1 N–H and O–H groups in total. The fraction of sp³-hybridized carbons (Fsp3) is 0.867. The van der Waals surface area contributed by atoms with Crippen molar-refractivity contribution in [3.05, 3.63) is 0 Å². The zero-order chi connectivity index (χ0) is 14.8. The van der Waals surface area contributed by atoms with Crippen LogP contribution < -0.4 is 0 Å². The predicted molar refractivity (Wildman–Crippen MR) is 74.8 cm³/mol. The maximum atomic E-state index is 11.7. The van der Waals surface area contributed by atoms with Crippen LogP contribution in [-0.2, 0) is 9.59 Å². The van der Waals surface area contributed by atoms with E-state index >= 15 is 0 Å². The highest BCUT2D eigenvalue weighted by atomic mass is 16.4. The van der Waals surface area contributed by atoms with E-state index in [2.05, 4.69) is 20.8 Å². The molecule has 0 aliphatic heterocycles. The number of amides is 1. The van der Waals surface area contributed by atoms with Gasteiger partial charge in [0.25, 0.3) is 0 Å². The van der Waals surface area contributed by atoms with Crippen molar-refractivity contribution < 1.29 is 14.7 Å². The summed E-state index contributed by atoms with van der Waals surface area (Å²) in [5, 5.41) is 9.56. The molecule has 0 radical (unpaired) electrons. The Morgan fingerprint density at radius 2 is 1.79 bits per heavy atom. The van der Waals surface area contributed by atoms with E-state index in [0.29, 0.717) is 18.8 Å². The minimum Gasteiger partial charge on any atom is -0.479 e. The van der Waals surface area contributed by atoms with E-state index in [-0.39, 0.29) is 11.3 Å². The normalized spacial score (nSPS) is 27.9. The van der Waals surface area contributed by atoms with Crippen molar-refractivity contribution in [2.45, 2.75) is 65.3 Å². The second kappa shape index (κ2) is 5.51. The van der Waals surface area contributed by atoms with Gasteiger partial charge in [0.2, 0.25) is 5.91 Å². The largest absolute Gasteiger partial charge is 0.479 e. The number of likely N-dealkylation sites (N-methyl/N-ethyl adjacent to an activating group) is 1. The summed E-state index contributed by atoms with van der Waals surface area (Å²) in [4.78, 5) is 24.6. The molecule has 0 saturated heterocycles. The molecule has 110 valence electrons. The number of nitrogens with zero attached hydrogens (tertiary/aromatic N) is 1. The highest BCUT2D eigenvalue weighted by molar-refractivity contribution is 5.86. The fourth-order valence-electron chi connectivity index (χ4n) is 3.16. The summed E-state index contributed by atoms with van der Waals surface area (Å²) in [6.07, 6.45) is 3.98. The van der Waals surface area contributed by atoms with Gasteiger partial charge in [0.05, 0.1) is 0 Å². The number of hydrogen-bond donors (Lipinski definition) is 1. The molecule has 0 aromatic rings. The minimum absolute atomic E-state index is 0.171. The fourth-order valence-corrected chi connectivity index (χ4v) is 3.16. The summed E-state index contributed by atoms with van der Waals surface area (Å²) in [5.74, 6) is -0.487. The van der Waals surface area contributed by atoms with Crippen LogP contribution in [0.2, 0.25) is 0 Å². The molecule has 0 unspecified atom stereocenters. The molecule has 1 amide bonds. The number of carboxylic acid groups (broad SMARTS) is 1. The van der Waals surface area contributed by atoms with Crippen molar-refractivity contribution in [3.63, 3.8) is 0 Å². The number of hydrogen-bond acceptors (Lipinski definition) is 2. The molecule has 4 nitrogen and oxygen atoms in total. The van der Waals surface area contributed by atoms with Crippen LogP contribution in [0.1, 0.15) is 59.8 Å². The Labute approximate surface area is 116 Å². The number of carboxylic acids is 1. The Hall–Kier alpha value is -1.06. The summed E-state index contributed by atoms with van der Waals surface area (Å²) in [6.45, 7) is 8.12. The van der Waals surface area contributed by atoms with Gasteiger partial charge in [-0.05, 0) is 37.0 Å². The van der Waals surface area contributed by atoms with E-state index in [1.54, 1.807) is 7.05 Å². The van der Waals surface area contributed by atoms with Crippen LogP contribution in [0.4, 0.5) is 0 Å². The third-order valence-corrected chi connectivity index (χ3v) is 5.34. The van der Waals surface area contributed by atoms with Gasteiger partial charge in [-0.2, -0.15) is 0 Å². The molecule has 19 heavy (non-hydrogen) atoms. The SMILES string of the molecule is CCC(C)(C)C1CCC(C(=O)O)(N(C)C(C)=O)CC1. The molecule has 1 rings (SSSR count). The van der Waals surface area contributed by atoms with Crippen LogP contribution in [0, 0.1) is 11.3 Å². The first kappa shape index (κ1) is 16.0. The van der Waals surface area contributed by atoms with Crippen LogP contribution >= 0.6 is 0 Å². The zero-order valence-corrected chi connectivity index (χ0v) is 12.8. The van der Waals surface area contributed by atoms with Gasteiger partial charge >= 0.3 is 5.97 Å². The van der Waals surface area contributed by atoms with Crippen molar-refractivity contribution >= 4 is 11.9 Å². The maximum Gasteiger partial charge on any atom is 0.329 e. The average molecular weight is 269 g/mol. The third kappa shape index (κ3) is 2.93. The molecule has 4 heteroatoms. The van der Waals surface area contributed by atoms with Gasteiger partial charge in [-0.15, -0.1) is 0 Å². The molecule has 0 aromatic carbocycles. The lowest BCUT2D eigenvalue weighted by Crippen LogP contribution is -2.57. The van der Waals surface area contributed by atoms with E-state index in [9.17, 15) is 14.7 Å². The van der Waals surface area contributed by atoms with E-state index < -0.39 is 11.5 Å². The topological polar surface area (TPSA) is 57.6 Å². The van der Waals surface area contributed by atoms with E-state index in [1.165, 1.54) is 11.8 Å². The molecule has 0 heterocycles. The van der Waals surface area contributed by atoms with Crippen molar-refractivity contribution in [3.8, 4) is 0 Å². The number of carbonyl (C=O) groups excluding carboxylic acids is 1. The van der Waals surface area contributed by atoms with Crippen LogP contribution in [0.25, 0.3) is 0 Å².